The molecule has 0 N–H and O–H groups in total. The van der Waals surface area contributed by atoms with Crippen molar-refractivity contribution in [3.05, 3.63) is 20.8 Å². The molecule has 1 aromatic rings. The highest BCUT2D eigenvalue weighted by atomic mass is 79.9. The van der Waals surface area contributed by atoms with Crippen molar-refractivity contribution in [3.63, 3.8) is 0 Å². The molecule has 0 aliphatic carbocycles. The average Bonchev–Trinajstić information content (AvgIpc) is 2.61. The van der Waals surface area contributed by atoms with Crippen LogP contribution in [0.5, 0.6) is 0 Å². The first kappa shape index (κ1) is 12.8. The zero-order chi connectivity index (χ0) is 10.6. The molecule has 0 saturated heterocycles. The van der Waals surface area contributed by atoms with Crippen LogP contribution in [0.3, 0.4) is 0 Å². The molecule has 0 amide bonds. The first-order chi connectivity index (χ1) is 6.65. The van der Waals surface area contributed by atoms with Gasteiger partial charge in [-0.15, -0.1) is 34.5 Å². The molecule has 0 aliphatic heterocycles. The van der Waals surface area contributed by atoms with Gasteiger partial charge in [0.25, 0.3) is 0 Å². The zero-order valence-corrected chi connectivity index (χ0v) is 11.9. The van der Waals surface area contributed by atoms with Crippen molar-refractivity contribution in [3.8, 4) is 0 Å². The fraction of sp³-hybridized carbons (Fsp3) is 0.600. The van der Waals surface area contributed by atoms with Crippen LogP contribution in [0.1, 0.15) is 18.2 Å². The van der Waals surface area contributed by atoms with Crippen LogP contribution in [0, 0.1) is 5.41 Å². The molecular formula is C10H13BrCl2S. The Morgan fingerprint density at radius 2 is 2.00 bits per heavy atom. The minimum absolute atomic E-state index is 0.0629. The van der Waals surface area contributed by atoms with E-state index in [4.69, 9.17) is 23.2 Å². The average molecular weight is 316 g/mol. The molecule has 0 fully saturated rings. The zero-order valence-electron chi connectivity index (χ0n) is 8.03. The SMILES string of the molecule is CCC(CCl)(CCl)Cc1ccc(Br)s1. The van der Waals surface area contributed by atoms with Gasteiger partial charge in [0, 0.05) is 22.1 Å². The smallest absolute Gasteiger partial charge is 0.0701 e. The highest BCUT2D eigenvalue weighted by molar-refractivity contribution is 9.11. The Morgan fingerprint density at radius 1 is 1.36 bits per heavy atom. The number of alkyl halides is 2. The molecule has 14 heavy (non-hydrogen) atoms. The lowest BCUT2D eigenvalue weighted by Gasteiger charge is -2.27. The monoisotopic (exact) mass is 314 g/mol. The lowest BCUT2D eigenvalue weighted by Crippen LogP contribution is -2.26. The van der Waals surface area contributed by atoms with Gasteiger partial charge in [-0.1, -0.05) is 6.92 Å². The molecule has 0 atom stereocenters. The van der Waals surface area contributed by atoms with Gasteiger partial charge in [0.1, 0.15) is 0 Å². The summed E-state index contributed by atoms with van der Waals surface area (Å²) in [7, 11) is 0. The highest BCUT2D eigenvalue weighted by Crippen LogP contribution is 2.34. The van der Waals surface area contributed by atoms with Crippen LogP contribution < -0.4 is 0 Å². The summed E-state index contributed by atoms with van der Waals surface area (Å²) in [5, 5.41) is 0. The van der Waals surface area contributed by atoms with E-state index in [-0.39, 0.29) is 5.41 Å². The molecule has 1 heterocycles. The van der Waals surface area contributed by atoms with Gasteiger partial charge in [0.2, 0.25) is 0 Å². The first-order valence-electron chi connectivity index (χ1n) is 4.52. The fourth-order valence-corrected chi connectivity index (χ4v) is 3.77. The highest BCUT2D eigenvalue weighted by Gasteiger charge is 2.27. The molecule has 4 heteroatoms. The molecule has 0 unspecified atom stereocenters. The van der Waals surface area contributed by atoms with Gasteiger partial charge in [0.15, 0.2) is 0 Å². The first-order valence-corrected chi connectivity index (χ1v) is 7.20. The van der Waals surface area contributed by atoms with Crippen molar-refractivity contribution in [1.82, 2.24) is 0 Å². The fourth-order valence-electron chi connectivity index (χ4n) is 1.26. The van der Waals surface area contributed by atoms with E-state index in [1.165, 1.54) is 8.66 Å². The van der Waals surface area contributed by atoms with E-state index < -0.39 is 0 Å². The van der Waals surface area contributed by atoms with E-state index >= 15 is 0 Å². The Morgan fingerprint density at radius 3 is 2.36 bits per heavy atom. The van der Waals surface area contributed by atoms with Gasteiger partial charge in [-0.05, 0) is 40.9 Å². The molecule has 0 aromatic carbocycles. The predicted molar refractivity (Wildman–Crippen MR) is 69.9 cm³/mol. The Balaban J connectivity index is 2.73. The molecule has 0 radical (unpaired) electrons. The molecular weight excluding hydrogens is 303 g/mol. The lowest BCUT2D eigenvalue weighted by molar-refractivity contribution is 0.365. The quantitative estimate of drug-likeness (QED) is 0.676. The molecule has 80 valence electrons. The Labute approximate surface area is 108 Å². The lowest BCUT2D eigenvalue weighted by atomic mass is 9.85. The van der Waals surface area contributed by atoms with E-state index in [1.807, 2.05) is 0 Å². The maximum atomic E-state index is 5.99. The minimum atomic E-state index is 0.0629. The normalized spacial score (nSPS) is 12.0. The van der Waals surface area contributed by atoms with Crippen LogP contribution in [0.25, 0.3) is 0 Å². The van der Waals surface area contributed by atoms with Crippen molar-refractivity contribution in [2.75, 3.05) is 11.8 Å². The molecule has 0 aliphatic rings. The summed E-state index contributed by atoms with van der Waals surface area (Å²) < 4.78 is 1.17. The predicted octanol–water partition coefficient (Wildman–Crippen LogP) is 4.93. The van der Waals surface area contributed by atoms with Crippen LogP contribution in [0.15, 0.2) is 15.9 Å². The number of halogens is 3. The summed E-state index contributed by atoms with van der Waals surface area (Å²) in [6, 6.07) is 4.21. The van der Waals surface area contributed by atoms with Crippen molar-refractivity contribution in [1.29, 1.82) is 0 Å². The molecule has 0 nitrogen and oxygen atoms in total. The summed E-state index contributed by atoms with van der Waals surface area (Å²) in [6.45, 7) is 2.15. The second kappa shape index (κ2) is 5.74. The van der Waals surface area contributed by atoms with Crippen LogP contribution in [0.4, 0.5) is 0 Å². The Bertz CT molecular complexity index is 273. The number of hydrogen-bond donors (Lipinski definition) is 0. The maximum absolute atomic E-state index is 5.99. The number of thiophene rings is 1. The standard InChI is InChI=1S/C10H13BrCl2S/c1-2-10(6-12,7-13)5-8-3-4-9(11)14-8/h3-4H,2,5-7H2,1H3. The second-order valence-electron chi connectivity index (χ2n) is 3.50. The van der Waals surface area contributed by atoms with Gasteiger partial charge in [0.05, 0.1) is 3.79 Å². The van der Waals surface area contributed by atoms with Crippen molar-refractivity contribution in [2.45, 2.75) is 19.8 Å². The van der Waals surface area contributed by atoms with Gasteiger partial charge >= 0.3 is 0 Å². The van der Waals surface area contributed by atoms with Gasteiger partial charge < -0.3 is 0 Å². The summed E-state index contributed by atoms with van der Waals surface area (Å²) >= 11 is 17.2. The topological polar surface area (TPSA) is 0 Å². The summed E-state index contributed by atoms with van der Waals surface area (Å²) in [6.07, 6.45) is 2.00. The third kappa shape index (κ3) is 3.13. The Kier molecular flexibility index (Phi) is 5.26. The largest absolute Gasteiger partial charge is 0.133 e. The van der Waals surface area contributed by atoms with Crippen LogP contribution >= 0.6 is 50.5 Å². The van der Waals surface area contributed by atoms with E-state index in [0.29, 0.717) is 11.8 Å². The molecule has 1 rings (SSSR count). The van der Waals surface area contributed by atoms with E-state index in [0.717, 1.165) is 12.8 Å². The number of rotatable bonds is 5. The van der Waals surface area contributed by atoms with E-state index in [1.54, 1.807) is 11.3 Å². The van der Waals surface area contributed by atoms with Crippen LogP contribution in [-0.4, -0.2) is 11.8 Å². The number of hydrogen-bond acceptors (Lipinski definition) is 1. The second-order valence-corrected chi connectivity index (χ2v) is 6.59. The summed E-state index contributed by atoms with van der Waals surface area (Å²) in [5.74, 6) is 1.25. The third-order valence-electron chi connectivity index (χ3n) is 2.50. The third-order valence-corrected chi connectivity index (χ3v) is 5.25. The minimum Gasteiger partial charge on any atom is -0.133 e. The van der Waals surface area contributed by atoms with Crippen LogP contribution in [-0.2, 0) is 6.42 Å². The molecule has 0 bridgehead atoms. The van der Waals surface area contributed by atoms with Crippen molar-refractivity contribution >= 4 is 50.5 Å². The Hall–Kier alpha value is 0.760. The molecule has 0 saturated carbocycles. The maximum Gasteiger partial charge on any atom is 0.0701 e. The van der Waals surface area contributed by atoms with Crippen molar-refractivity contribution in [2.24, 2.45) is 5.41 Å². The van der Waals surface area contributed by atoms with E-state index in [2.05, 4.69) is 35.0 Å². The van der Waals surface area contributed by atoms with Gasteiger partial charge in [-0.3, -0.25) is 0 Å². The summed E-state index contributed by atoms with van der Waals surface area (Å²) in [4.78, 5) is 1.35. The van der Waals surface area contributed by atoms with Gasteiger partial charge in [-0.25, -0.2) is 0 Å². The van der Waals surface area contributed by atoms with Crippen molar-refractivity contribution < 1.29 is 0 Å². The summed E-state index contributed by atoms with van der Waals surface area (Å²) in [5.41, 5.74) is 0.0629. The van der Waals surface area contributed by atoms with Gasteiger partial charge in [-0.2, -0.15) is 0 Å². The van der Waals surface area contributed by atoms with E-state index in [9.17, 15) is 0 Å². The van der Waals surface area contributed by atoms with Crippen LogP contribution in [0.2, 0.25) is 0 Å². The molecule has 1 aromatic heterocycles. The molecule has 0 spiro atoms.